The Labute approximate surface area is 176 Å². The van der Waals surface area contributed by atoms with Gasteiger partial charge in [0.25, 0.3) is 0 Å². The minimum atomic E-state index is -0.472. The molecule has 1 aliphatic rings. The number of ether oxygens (including phenoxy) is 1. The molecule has 0 spiro atoms. The zero-order chi connectivity index (χ0) is 18.7. The fraction of sp³-hybridized carbons (Fsp3) is 0.889. The van der Waals surface area contributed by atoms with Crippen LogP contribution in [0.2, 0.25) is 0 Å². The second kappa shape index (κ2) is 13.4. The molecule has 0 aromatic carbocycles. The van der Waals surface area contributed by atoms with Crippen LogP contribution >= 0.6 is 24.0 Å². The van der Waals surface area contributed by atoms with Gasteiger partial charge in [0.2, 0.25) is 0 Å². The summed E-state index contributed by atoms with van der Waals surface area (Å²) in [5.74, 6) is 1.65. The minimum Gasteiger partial charge on any atom is -0.444 e. The van der Waals surface area contributed by atoms with E-state index >= 15 is 0 Å². The van der Waals surface area contributed by atoms with E-state index in [0.717, 1.165) is 31.5 Å². The van der Waals surface area contributed by atoms with Crippen LogP contribution in [0.15, 0.2) is 4.99 Å². The first kappa shape index (κ1) is 25.2. The summed E-state index contributed by atoms with van der Waals surface area (Å²) in [7, 11) is 0. The number of likely N-dealkylation sites (tertiary alicyclic amines) is 1. The fourth-order valence-electron chi connectivity index (χ4n) is 2.59. The number of hydrogen-bond acceptors (Lipinski definition) is 4. The Morgan fingerprint density at radius 2 is 1.77 bits per heavy atom. The topological polar surface area (TPSA) is 78.0 Å². The molecule has 0 saturated carbocycles. The van der Waals surface area contributed by atoms with Crippen molar-refractivity contribution in [3.63, 3.8) is 0 Å². The predicted octanol–water partition coefficient (Wildman–Crippen LogP) is 2.42. The van der Waals surface area contributed by atoms with Crippen molar-refractivity contribution in [2.75, 3.05) is 45.8 Å². The lowest BCUT2D eigenvalue weighted by atomic mass is 9.99. The van der Waals surface area contributed by atoms with Crippen molar-refractivity contribution in [3.05, 3.63) is 0 Å². The Kier molecular flexibility index (Phi) is 13.0. The van der Waals surface area contributed by atoms with Crippen molar-refractivity contribution in [1.82, 2.24) is 20.9 Å². The maximum Gasteiger partial charge on any atom is 0.407 e. The maximum atomic E-state index is 11.6. The van der Waals surface area contributed by atoms with Crippen LogP contribution in [-0.4, -0.2) is 68.4 Å². The van der Waals surface area contributed by atoms with Crippen LogP contribution in [0.5, 0.6) is 0 Å². The number of halogens is 1. The molecule has 1 amide bonds. The minimum absolute atomic E-state index is 0. The van der Waals surface area contributed by atoms with Gasteiger partial charge in [0.15, 0.2) is 5.96 Å². The van der Waals surface area contributed by atoms with Gasteiger partial charge in [-0.15, -0.1) is 24.0 Å². The molecular weight excluding hydrogens is 445 g/mol. The molecule has 1 rings (SSSR count). The summed E-state index contributed by atoms with van der Waals surface area (Å²) in [6.07, 6.45) is 2.19. The molecule has 1 saturated heterocycles. The molecular formula is C18H38IN5O2. The summed E-state index contributed by atoms with van der Waals surface area (Å²) in [4.78, 5) is 18.7. The highest BCUT2D eigenvalue weighted by atomic mass is 127. The molecule has 0 bridgehead atoms. The van der Waals surface area contributed by atoms with Crippen LogP contribution in [0.1, 0.15) is 47.5 Å². The zero-order valence-electron chi connectivity index (χ0n) is 17.1. The molecule has 1 heterocycles. The molecule has 154 valence electrons. The van der Waals surface area contributed by atoms with Gasteiger partial charge in [-0.05, 0) is 59.5 Å². The second-order valence-corrected chi connectivity index (χ2v) is 7.64. The first-order chi connectivity index (χ1) is 11.8. The van der Waals surface area contributed by atoms with Gasteiger partial charge in [-0.3, -0.25) is 4.99 Å². The summed E-state index contributed by atoms with van der Waals surface area (Å²) in [5, 5.41) is 9.20. The number of nitrogens with zero attached hydrogens (tertiary/aromatic N) is 2. The summed E-state index contributed by atoms with van der Waals surface area (Å²) < 4.78 is 5.20. The van der Waals surface area contributed by atoms with E-state index in [1.54, 1.807) is 0 Å². The van der Waals surface area contributed by atoms with Gasteiger partial charge in [0.05, 0.1) is 6.54 Å². The molecule has 0 atom stereocenters. The Hall–Kier alpha value is -0.770. The van der Waals surface area contributed by atoms with E-state index in [2.05, 4.69) is 32.8 Å². The van der Waals surface area contributed by atoms with E-state index in [1.807, 2.05) is 27.7 Å². The van der Waals surface area contributed by atoms with E-state index in [-0.39, 0.29) is 24.0 Å². The lowest BCUT2D eigenvalue weighted by Gasteiger charge is -2.29. The highest BCUT2D eigenvalue weighted by molar-refractivity contribution is 14.0. The van der Waals surface area contributed by atoms with Crippen molar-refractivity contribution in [1.29, 1.82) is 0 Å². The third-order valence-corrected chi connectivity index (χ3v) is 3.99. The number of alkyl carbamates (subject to hydrolysis) is 1. The van der Waals surface area contributed by atoms with Crippen LogP contribution in [0.4, 0.5) is 4.79 Å². The zero-order valence-corrected chi connectivity index (χ0v) is 19.4. The van der Waals surface area contributed by atoms with Crippen molar-refractivity contribution >= 4 is 36.0 Å². The Morgan fingerprint density at radius 3 is 2.35 bits per heavy atom. The monoisotopic (exact) mass is 483 g/mol. The van der Waals surface area contributed by atoms with E-state index in [0.29, 0.717) is 13.1 Å². The number of hydrogen-bond donors (Lipinski definition) is 3. The molecule has 0 aromatic rings. The summed E-state index contributed by atoms with van der Waals surface area (Å²) >= 11 is 0. The van der Waals surface area contributed by atoms with E-state index < -0.39 is 11.7 Å². The van der Waals surface area contributed by atoms with Crippen LogP contribution in [0.3, 0.4) is 0 Å². The van der Waals surface area contributed by atoms with E-state index in [9.17, 15) is 4.79 Å². The molecule has 0 radical (unpaired) electrons. The van der Waals surface area contributed by atoms with Crippen molar-refractivity contribution in [3.8, 4) is 0 Å². The molecule has 0 aromatic heterocycles. The average molecular weight is 483 g/mol. The lowest BCUT2D eigenvalue weighted by molar-refractivity contribution is 0.0529. The number of guanidine groups is 1. The van der Waals surface area contributed by atoms with Crippen LogP contribution in [-0.2, 0) is 4.74 Å². The first-order valence-electron chi connectivity index (χ1n) is 9.51. The smallest absolute Gasteiger partial charge is 0.407 e. The van der Waals surface area contributed by atoms with Crippen LogP contribution in [0, 0.1) is 5.92 Å². The summed E-state index contributed by atoms with van der Waals surface area (Å²) in [5.41, 5.74) is -0.472. The lowest BCUT2D eigenvalue weighted by Crippen LogP contribution is -2.43. The number of nitrogens with one attached hydrogen (secondary N) is 3. The number of piperidine rings is 1. The van der Waals surface area contributed by atoms with Crippen LogP contribution < -0.4 is 16.0 Å². The number of amides is 1. The maximum absolute atomic E-state index is 11.6. The molecule has 1 aliphatic heterocycles. The van der Waals surface area contributed by atoms with Gasteiger partial charge in [-0.1, -0.05) is 6.92 Å². The first-order valence-corrected chi connectivity index (χ1v) is 9.51. The Balaban J connectivity index is 0.00000625. The highest BCUT2D eigenvalue weighted by Crippen LogP contribution is 2.15. The van der Waals surface area contributed by atoms with E-state index in [1.165, 1.54) is 25.9 Å². The van der Waals surface area contributed by atoms with Gasteiger partial charge < -0.3 is 25.6 Å². The van der Waals surface area contributed by atoms with Gasteiger partial charge in [-0.25, -0.2) is 4.79 Å². The third kappa shape index (κ3) is 12.6. The van der Waals surface area contributed by atoms with Crippen LogP contribution in [0.25, 0.3) is 0 Å². The predicted molar refractivity (Wildman–Crippen MR) is 118 cm³/mol. The largest absolute Gasteiger partial charge is 0.444 e. The third-order valence-electron chi connectivity index (χ3n) is 3.99. The standard InChI is InChI=1S/C18H37N5O2.HI/c1-6-19-16(20-9-10-22-17(24)25-18(3,4)5)21-11-14-23-12-7-15(2)8-13-23;/h15H,6-14H2,1-5H3,(H,22,24)(H2,19,20,21);1H. The molecule has 3 N–H and O–H groups in total. The molecule has 7 nitrogen and oxygen atoms in total. The summed E-state index contributed by atoms with van der Waals surface area (Å²) in [6.45, 7) is 16.0. The Bertz CT molecular complexity index is 418. The molecule has 0 aliphatic carbocycles. The molecule has 26 heavy (non-hydrogen) atoms. The molecule has 1 fully saturated rings. The number of rotatable bonds is 7. The molecule has 0 unspecified atom stereocenters. The second-order valence-electron chi connectivity index (χ2n) is 7.64. The SMILES string of the molecule is CCNC(=NCCN1CCC(C)CC1)NCCNC(=O)OC(C)(C)C.I. The quantitative estimate of drug-likeness (QED) is 0.225. The van der Waals surface area contributed by atoms with Gasteiger partial charge >= 0.3 is 6.09 Å². The van der Waals surface area contributed by atoms with Crippen molar-refractivity contribution in [2.45, 2.75) is 53.1 Å². The van der Waals surface area contributed by atoms with Gasteiger partial charge in [0, 0.05) is 26.2 Å². The van der Waals surface area contributed by atoms with E-state index in [4.69, 9.17) is 4.74 Å². The summed E-state index contributed by atoms with van der Waals surface area (Å²) in [6, 6.07) is 0. The van der Waals surface area contributed by atoms with Crippen molar-refractivity contribution < 1.29 is 9.53 Å². The number of aliphatic imine (C=N–C) groups is 1. The highest BCUT2D eigenvalue weighted by Gasteiger charge is 2.16. The number of carbonyl (C=O) groups excluding carboxylic acids is 1. The average Bonchev–Trinajstić information content (AvgIpc) is 2.51. The Morgan fingerprint density at radius 1 is 1.15 bits per heavy atom. The van der Waals surface area contributed by atoms with Crippen molar-refractivity contribution in [2.24, 2.45) is 10.9 Å². The molecule has 8 heteroatoms. The van der Waals surface area contributed by atoms with Gasteiger partial charge in [-0.2, -0.15) is 0 Å². The van der Waals surface area contributed by atoms with Gasteiger partial charge in [0.1, 0.15) is 5.60 Å². The normalized spacial score (nSPS) is 16.6. The number of carbonyl (C=O) groups is 1. The fourth-order valence-corrected chi connectivity index (χ4v) is 2.59.